The summed E-state index contributed by atoms with van der Waals surface area (Å²) in [7, 11) is 0. The summed E-state index contributed by atoms with van der Waals surface area (Å²) < 4.78 is 0. The Labute approximate surface area is 89.4 Å². The summed E-state index contributed by atoms with van der Waals surface area (Å²) in [5.74, 6) is 0. The van der Waals surface area contributed by atoms with Crippen LogP contribution in [0.25, 0.3) is 5.70 Å². The standard InChI is InChI=1S/C12H13N3/c1-9-11(7-13)14-8-15-12(9)10-5-3-2-4-6-10/h2-6,11,14-15H,8H2,1H3. The van der Waals surface area contributed by atoms with Crippen LogP contribution in [0.15, 0.2) is 35.9 Å². The summed E-state index contributed by atoms with van der Waals surface area (Å²) in [5, 5.41) is 15.3. The van der Waals surface area contributed by atoms with Crippen molar-refractivity contribution in [1.82, 2.24) is 10.6 Å². The van der Waals surface area contributed by atoms with Crippen LogP contribution in [0.4, 0.5) is 0 Å². The second-order valence-electron chi connectivity index (χ2n) is 3.54. The maximum absolute atomic E-state index is 8.95. The van der Waals surface area contributed by atoms with Crippen LogP contribution in [-0.4, -0.2) is 12.7 Å². The SMILES string of the molecule is CC1=C(c2ccccc2)NCNC1C#N. The maximum Gasteiger partial charge on any atom is 0.120 e. The van der Waals surface area contributed by atoms with E-state index in [0.29, 0.717) is 6.67 Å². The van der Waals surface area contributed by atoms with Crippen LogP contribution in [0.5, 0.6) is 0 Å². The molecule has 0 radical (unpaired) electrons. The number of nitrogens with one attached hydrogen (secondary N) is 2. The molecule has 0 aliphatic carbocycles. The molecule has 1 unspecified atom stereocenters. The molecule has 0 spiro atoms. The second-order valence-corrected chi connectivity index (χ2v) is 3.54. The minimum absolute atomic E-state index is 0.179. The highest BCUT2D eigenvalue weighted by molar-refractivity contribution is 5.69. The van der Waals surface area contributed by atoms with E-state index in [4.69, 9.17) is 5.26 Å². The summed E-state index contributed by atoms with van der Waals surface area (Å²) in [4.78, 5) is 0. The van der Waals surface area contributed by atoms with Gasteiger partial charge in [-0.3, -0.25) is 5.32 Å². The molecule has 76 valence electrons. The third-order valence-electron chi connectivity index (χ3n) is 2.59. The molecule has 1 aromatic carbocycles. The summed E-state index contributed by atoms with van der Waals surface area (Å²) >= 11 is 0. The first-order valence-corrected chi connectivity index (χ1v) is 4.96. The average molecular weight is 199 g/mol. The number of benzene rings is 1. The van der Waals surface area contributed by atoms with E-state index in [1.165, 1.54) is 0 Å². The zero-order valence-electron chi connectivity index (χ0n) is 8.62. The number of nitrogens with zero attached hydrogens (tertiary/aromatic N) is 1. The Morgan fingerprint density at radius 3 is 2.73 bits per heavy atom. The van der Waals surface area contributed by atoms with E-state index in [0.717, 1.165) is 16.8 Å². The molecule has 2 N–H and O–H groups in total. The Bertz CT molecular complexity index is 414. The second kappa shape index (κ2) is 4.16. The van der Waals surface area contributed by atoms with Gasteiger partial charge in [0.15, 0.2) is 0 Å². The first-order chi connectivity index (χ1) is 7.33. The van der Waals surface area contributed by atoms with Crippen molar-refractivity contribution in [3.8, 4) is 6.07 Å². The molecule has 0 saturated carbocycles. The fraction of sp³-hybridized carbons (Fsp3) is 0.250. The normalized spacial score (nSPS) is 20.7. The van der Waals surface area contributed by atoms with E-state index in [2.05, 4.69) is 16.7 Å². The van der Waals surface area contributed by atoms with Crippen molar-refractivity contribution < 1.29 is 0 Å². The van der Waals surface area contributed by atoms with Crippen molar-refractivity contribution in [3.05, 3.63) is 41.5 Å². The first kappa shape index (κ1) is 9.75. The van der Waals surface area contributed by atoms with Crippen LogP contribution in [0.1, 0.15) is 12.5 Å². The van der Waals surface area contributed by atoms with E-state index in [9.17, 15) is 0 Å². The topological polar surface area (TPSA) is 47.8 Å². The maximum atomic E-state index is 8.95. The van der Waals surface area contributed by atoms with Crippen molar-refractivity contribution in [2.75, 3.05) is 6.67 Å². The van der Waals surface area contributed by atoms with E-state index in [1.54, 1.807) is 0 Å². The van der Waals surface area contributed by atoms with Crippen molar-refractivity contribution in [2.45, 2.75) is 13.0 Å². The lowest BCUT2D eigenvalue weighted by molar-refractivity contribution is 0.600. The van der Waals surface area contributed by atoms with Crippen LogP contribution in [0.2, 0.25) is 0 Å². The van der Waals surface area contributed by atoms with Gasteiger partial charge in [-0.25, -0.2) is 0 Å². The highest BCUT2D eigenvalue weighted by Gasteiger charge is 2.18. The van der Waals surface area contributed by atoms with Gasteiger partial charge in [0.1, 0.15) is 6.04 Å². The molecule has 15 heavy (non-hydrogen) atoms. The Morgan fingerprint density at radius 1 is 1.33 bits per heavy atom. The average Bonchev–Trinajstić information content (AvgIpc) is 2.30. The quantitative estimate of drug-likeness (QED) is 0.720. The largest absolute Gasteiger partial charge is 0.372 e. The van der Waals surface area contributed by atoms with Gasteiger partial charge in [0.2, 0.25) is 0 Å². The predicted octanol–water partition coefficient (Wildman–Crippen LogP) is 1.46. The van der Waals surface area contributed by atoms with Crippen LogP contribution >= 0.6 is 0 Å². The molecule has 3 heteroatoms. The minimum Gasteiger partial charge on any atom is -0.372 e. The van der Waals surface area contributed by atoms with Crippen LogP contribution in [-0.2, 0) is 0 Å². The van der Waals surface area contributed by atoms with Gasteiger partial charge >= 0.3 is 0 Å². The molecule has 1 aliphatic heterocycles. The highest BCUT2D eigenvalue weighted by atomic mass is 15.1. The lowest BCUT2D eigenvalue weighted by Gasteiger charge is -2.25. The number of hydrogen-bond acceptors (Lipinski definition) is 3. The molecule has 0 aromatic heterocycles. The van der Waals surface area contributed by atoms with Crippen molar-refractivity contribution in [2.24, 2.45) is 0 Å². The minimum atomic E-state index is -0.179. The lowest BCUT2D eigenvalue weighted by Crippen LogP contribution is -2.42. The summed E-state index contributed by atoms with van der Waals surface area (Å²) in [6.45, 7) is 2.62. The highest BCUT2D eigenvalue weighted by Crippen LogP contribution is 2.19. The first-order valence-electron chi connectivity index (χ1n) is 4.96. The van der Waals surface area contributed by atoms with Gasteiger partial charge in [-0.2, -0.15) is 5.26 Å². The monoisotopic (exact) mass is 199 g/mol. The molecular formula is C12H13N3. The number of rotatable bonds is 1. The Kier molecular flexibility index (Phi) is 2.70. The number of nitriles is 1. The lowest BCUT2D eigenvalue weighted by atomic mass is 10.0. The molecule has 0 fully saturated rings. The van der Waals surface area contributed by atoms with Gasteiger partial charge in [-0.15, -0.1) is 0 Å². The Balaban J connectivity index is 2.40. The van der Waals surface area contributed by atoms with Crippen LogP contribution in [0.3, 0.4) is 0 Å². The summed E-state index contributed by atoms with van der Waals surface area (Å²) in [6, 6.07) is 12.1. The van der Waals surface area contributed by atoms with Crippen molar-refractivity contribution >= 4 is 5.70 Å². The molecule has 1 aliphatic rings. The van der Waals surface area contributed by atoms with Gasteiger partial charge in [-0.05, 0) is 18.1 Å². The van der Waals surface area contributed by atoms with E-state index < -0.39 is 0 Å². The van der Waals surface area contributed by atoms with Gasteiger partial charge in [-0.1, -0.05) is 30.3 Å². The third kappa shape index (κ3) is 1.85. The van der Waals surface area contributed by atoms with Crippen molar-refractivity contribution in [3.63, 3.8) is 0 Å². The zero-order valence-corrected chi connectivity index (χ0v) is 8.62. The molecule has 1 atom stereocenters. The zero-order chi connectivity index (χ0) is 10.7. The number of hydrogen-bond donors (Lipinski definition) is 2. The van der Waals surface area contributed by atoms with Gasteiger partial charge < -0.3 is 5.32 Å². The summed E-state index contributed by atoms with van der Waals surface area (Å²) in [5.41, 5.74) is 3.26. The van der Waals surface area contributed by atoms with E-state index in [1.807, 2.05) is 37.3 Å². The van der Waals surface area contributed by atoms with Gasteiger partial charge in [0.05, 0.1) is 12.7 Å². The molecule has 0 bridgehead atoms. The van der Waals surface area contributed by atoms with E-state index >= 15 is 0 Å². The van der Waals surface area contributed by atoms with Gasteiger partial charge in [0, 0.05) is 5.70 Å². The van der Waals surface area contributed by atoms with Crippen molar-refractivity contribution in [1.29, 1.82) is 5.26 Å². The Morgan fingerprint density at radius 2 is 2.07 bits per heavy atom. The molecule has 3 nitrogen and oxygen atoms in total. The molecule has 1 aromatic rings. The van der Waals surface area contributed by atoms with E-state index in [-0.39, 0.29) is 6.04 Å². The van der Waals surface area contributed by atoms with Crippen LogP contribution in [0, 0.1) is 11.3 Å². The predicted molar refractivity (Wildman–Crippen MR) is 59.6 cm³/mol. The molecule has 2 rings (SSSR count). The molecular weight excluding hydrogens is 186 g/mol. The van der Waals surface area contributed by atoms with Crippen LogP contribution < -0.4 is 10.6 Å². The fourth-order valence-electron chi connectivity index (χ4n) is 1.76. The third-order valence-corrected chi connectivity index (χ3v) is 2.59. The molecule has 0 amide bonds. The fourth-order valence-corrected chi connectivity index (χ4v) is 1.76. The molecule has 0 saturated heterocycles. The van der Waals surface area contributed by atoms with Gasteiger partial charge in [0.25, 0.3) is 0 Å². The molecule has 1 heterocycles. The summed E-state index contributed by atoms with van der Waals surface area (Å²) in [6.07, 6.45) is 0. The Hall–Kier alpha value is -1.79. The smallest absolute Gasteiger partial charge is 0.120 e.